The van der Waals surface area contributed by atoms with Crippen molar-refractivity contribution in [2.45, 2.75) is 86.2 Å². The molecule has 3 unspecified atom stereocenters. The standard InChI is InChI=1S/C31H38N4O5.C2H6/c1-19(2)29(34(18-36)15-25-9-7-6-8-20(25)3)31(39)35-16-26(37)13-28(35)30(38)32-14-24-11-10-23(12-21(24)4)27-17-40-33-22(27)5;1-2/h6-12,17-19,26,28-29,37H,13-16H2,1-5H3,(H,32,38);1-2H3. The van der Waals surface area contributed by atoms with E-state index in [1.807, 2.05) is 90.9 Å². The number of carbonyl (C=O) groups excluding carboxylic acids is 3. The van der Waals surface area contributed by atoms with E-state index in [0.29, 0.717) is 6.41 Å². The summed E-state index contributed by atoms with van der Waals surface area (Å²) in [5, 5.41) is 17.3. The van der Waals surface area contributed by atoms with E-state index in [1.165, 1.54) is 9.80 Å². The first-order valence-corrected chi connectivity index (χ1v) is 14.6. The van der Waals surface area contributed by atoms with Gasteiger partial charge in [0.25, 0.3) is 0 Å². The molecule has 1 fully saturated rings. The SMILES string of the molecule is CC.Cc1cc(-c2conc2C)ccc1CNC(=O)C1CC(O)CN1C(=O)C(C(C)C)N(C=O)Cc1ccccc1C. The molecule has 3 aromatic rings. The van der Waals surface area contributed by atoms with Crippen molar-refractivity contribution >= 4 is 18.2 Å². The third-order valence-electron chi connectivity index (χ3n) is 7.71. The Kier molecular flexibility index (Phi) is 11.4. The smallest absolute Gasteiger partial charge is 0.246 e. The second-order valence-electron chi connectivity index (χ2n) is 11.0. The number of hydrogen-bond donors (Lipinski definition) is 2. The normalized spacial score (nSPS) is 16.9. The van der Waals surface area contributed by atoms with Crippen molar-refractivity contribution in [1.29, 1.82) is 0 Å². The summed E-state index contributed by atoms with van der Waals surface area (Å²) in [6, 6.07) is 12.1. The van der Waals surface area contributed by atoms with Gasteiger partial charge in [-0.1, -0.05) is 75.3 Å². The molecule has 3 amide bonds. The molecule has 226 valence electrons. The predicted molar refractivity (Wildman–Crippen MR) is 162 cm³/mol. The van der Waals surface area contributed by atoms with E-state index in [1.54, 1.807) is 6.26 Å². The number of hydrogen-bond acceptors (Lipinski definition) is 6. The Morgan fingerprint density at radius 3 is 2.43 bits per heavy atom. The van der Waals surface area contributed by atoms with Crippen LogP contribution in [0.3, 0.4) is 0 Å². The lowest BCUT2D eigenvalue weighted by atomic mass is 9.99. The second kappa shape index (κ2) is 14.8. The number of nitrogens with zero attached hydrogens (tertiary/aromatic N) is 3. The first-order chi connectivity index (χ1) is 20.1. The lowest BCUT2D eigenvalue weighted by Crippen LogP contribution is -2.55. The summed E-state index contributed by atoms with van der Waals surface area (Å²) in [6.45, 7) is 14.2. The van der Waals surface area contributed by atoms with Gasteiger partial charge in [0.15, 0.2) is 0 Å². The summed E-state index contributed by atoms with van der Waals surface area (Å²) >= 11 is 0. The van der Waals surface area contributed by atoms with Crippen LogP contribution in [-0.2, 0) is 27.5 Å². The minimum atomic E-state index is -0.824. The van der Waals surface area contributed by atoms with Gasteiger partial charge in [-0.3, -0.25) is 14.4 Å². The molecule has 0 spiro atoms. The van der Waals surface area contributed by atoms with Crippen molar-refractivity contribution in [1.82, 2.24) is 20.3 Å². The largest absolute Gasteiger partial charge is 0.391 e. The zero-order valence-corrected chi connectivity index (χ0v) is 25.8. The predicted octanol–water partition coefficient (Wildman–Crippen LogP) is 4.55. The van der Waals surface area contributed by atoms with Gasteiger partial charge in [-0.05, 0) is 54.5 Å². The van der Waals surface area contributed by atoms with Crippen LogP contribution in [0.15, 0.2) is 53.3 Å². The number of aliphatic hydroxyl groups is 1. The van der Waals surface area contributed by atoms with Crippen molar-refractivity contribution in [3.05, 3.63) is 76.7 Å². The lowest BCUT2D eigenvalue weighted by Gasteiger charge is -2.35. The summed E-state index contributed by atoms with van der Waals surface area (Å²) in [5.41, 5.74) is 6.61. The van der Waals surface area contributed by atoms with Crippen LogP contribution < -0.4 is 5.32 Å². The lowest BCUT2D eigenvalue weighted by molar-refractivity contribution is -0.147. The van der Waals surface area contributed by atoms with Crippen LogP contribution in [0.1, 0.15) is 62.1 Å². The van der Waals surface area contributed by atoms with E-state index in [4.69, 9.17) is 4.52 Å². The molecule has 1 aliphatic heterocycles. The number of nitrogens with one attached hydrogen (secondary N) is 1. The Hall–Kier alpha value is -3.98. The third-order valence-corrected chi connectivity index (χ3v) is 7.71. The van der Waals surface area contributed by atoms with Gasteiger partial charge in [0.1, 0.15) is 18.3 Å². The highest BCUT2D eigenvalue weighted by atomic mass is 16.5. The van der Waals surface area contributed by atoms with Crippen molar-refractivity contribution < 1.29 is 24.0 Å². The first kappa shape index (κ1) is 32.5. The Morgan fingerprint density at radius 1 is 1.12 bits per heavy atom. The second-order valence-corrected chi connectivity index (χ2v) is 11.0. The molecule has 9 nitrogen and oxygen atoms in total. The number of rotatable bonds is 10. The molecule has 2 N–H and O–H groups in total. The molecular weight excluding hydrogens is 532 g/mol. The zero-order valence-electron chi connectivity index (χ0n) is 25.8. The van der Waals surface area contributed by atoms with Crippen LogP contribution >= 0.6 is 0 Å². The quantitative estimate of drug-likeness (QED) is 0.342. The summed E-state index contributed by atoms with van der Waals surface area (Å²) < 4.78 is 5.05. The Bertz CT molecular complexity index is 1370. The fraction of sp³-hybridized carbons (Fsp3) is 0.455. The van der Waals surface area contributed by atoms with Crippen molar-refractivity contribution in [2.75, 3.05) is 6.54 Å². The summed E-state index contributed by atoms with van der Waals surface area (Å²) in [7, 11) is 0. The highest BCUT2D eigenvalue weighted by molar-refractivity contribution is 5.91. The zero-order chi connectivity index (χ0) is 31.0. The van der Waals surface area contributed by atoms with Crippen LogP contribution in [0.2, 0.25) is 0 Å². The summed E-state index contributed by atoms with van der Waals surface area (Å²) in [4.78, 5) is 42.3. The van der Waals surface area contributed by atoms with Gasteiger partial charge in [-0.25, -0.2) is 0 Å². The maximum Gasteiger partial charge on any atom is 0.246 e. The van der Waals surface area contributed by atoms with Gasteiger partial charge in [-0.15, -0.1) is 0 Å². The van der Waals surface area contributed by atoms with Gasteiger partial charge in [0.05, 0.1) is 11.8 Å². The molecule has 4 rings (SSSR count). The van der Waals surface area contributed by atoms with E-state index in [9.17, 15) is 19.5 Å². The molecular formula is C33H44N4O5. The van der Waals surface area contributed by atoms with Gasteiger partial charge in [-0.2, -0.15) is 0 Å². The Balaban J connectivity index is 0.00000237. The number of aryl methyl sites for hydroxylation is 3. The number of aromatic nitrogens is 1. The molecule has 0 bridgehead atoms. The van der Waals surface area contributed by atoms with Crippen LogP contribution in [0.4, 0.5) is 0 Å². The van der Waals surface area contributed by atoms with E-state index in [-0.39, 0.29) is 43.8 Å². The molecule has 2 heterocycles. The van der Waals surface area contributed by atoms with E-state index >= 15 is 0 Å². The van der Waals surface area contributed by atoms with Gasteiger partial charge < -0.3 is 24.7 Å². The molecule has 42 heavy (non-hydrogen) atoms. The Labute approximate surface area is 248 Å². The molecule has 1 aromatic heterocycles. The van der Waals surface area contributed by atoms with Crippen LogP contribution in [0.25, 0.3) is 11.1 Å². The number of aliphatic hydroxyl groups excluding tert-OH is 1. The van der Waals surface area contributed by atoms with Gasteiger partial charge >= 0.3 is 0 Å². The van der Waals surface area contributed by atoms with Gasteiger partial charge in [0, 0.05) is 31.6 Å². The summed E-state index contributed by atoms with van der Waals surface area (Å²) in [6.07, 6.45) is 1.64. The van der Waals surface area contributed by atoms with Crippen molar-refractivity contribution in [3.8, 4) is 11.1 Å². The number of benzene rings is 2. The molecule has 1 aliphatic rings. The molecule has 1 saturated heterocycles. The molecule has 0 saturated carbocycles. The Morgan fingerprint density at radius 2 is 1.83 bits per heavy atom. The van der Waals surface area contributed by atoms with E-state index in [2.05, 4.69) is 10.5 Å². The van der Waals surface area contributed by atoms with Crippen LogP contribution in [-0.4, -0.2) is 63.0 Å². The maximum atomic E-state index is 13.9. The number of likely N-dealkylation sites (tertiary alicyclic amines) is 1. The fourth-order valence-corrected chi connectivity index (χ4v) is 5.40. The molecule has 0 radical (unpaired) electrons. The van der Waals surface area contributed by atoms with Crippen LogP contribution in [0, 0.1) is 26.7 Å². The highest BCUT2D eigenvalue weighted by Crippen LogP contribution is 2.26. The molecule has 2 aromatic carbocycles. The minimum absolute atomic E-state index is 0.0447. The fourth-order valence-electron chi connectivity index (χ4n) is 5.40. The number of β-amino-alcohol motifs (C(OH)–C–C–N with tert-alkyl or cyclic N) is 1. The molecule has 0 aliphatic carbocycles. The van der Waals surface area contributed by atoms with Crippen molar-refractivity contribution in [3.63, 3.8) is 0 Å². The topological polar surface area (TPSA) is 116 Å². The highest BCUT2D eigenvalue weighted by Gasteiger charge is 2.43. The van der Waals surface area contributed by atoms with Crippen LogP contribution in [0.5, 0.6) is 0 Å². The minimum Gasteiger partial charge on any atom is -0.391 e. The molecule has 3 atom stereocenters. The average Bonchev–Trinajstić information content (AvgIpc) is 3.59. The third kappa shape index (κ3) is 7.45. The van der Waals surface area contributed by atoms with Gasteiger partial charge in [0.2, 0.25) is 18.2 Å². The van der Waals surface area contributed by atoms with E-state index < -0.39 is 18.2 Å². The monoisotopic (exact) mass is 576 g/mol. The van der Waals surface area contributed by atoms with E-state index in [0.717, 1.165) is 39.1 Å². The first-order valence-electron chi connectivity index (χ1n) is 14.6. The number of carbonyl (C=O) groups is 3. The summed E-state index contributed by atoms with van der Waals surface area (Å²) in [5.74, 6) is -0.863. The average molecular weight is 577 g/mol. The molecule has 9 heteroatoms. The number of amides is 3. The maximum absolute atomic E-state index is 13.9. The van der Waals surface area contributed by atoms with Crippen molar-refractivity contribution in [2.24, 2.45) is 5.92 Å².